The van der Waals surface area contributed by atoms with E-state index in [1.54, 1.807) is 0 Å². The first-order valence-electron chi connectivity index (χ1n) is 5.05. The van der Waals surface area contributed by atoms with Crippen LogP contribution in [0.15, 0.2) is 40.0 Å². The maximum atomic E-state index is 11.9. The first-order valence-corrected chi connectivity index (χ1v) is 6.54. The summed E-state index contributed by atoms with van der Waals surface area (Å²) in [6.07, 6.45) is 0. The van der Waals surface area contributed by atoms with Crippen molar-refractivity contribution in [1.29, 1.82) is 0 Å². The van der Waals surface area contributed by atoms with E-state index < -0.39 is 21.5 Å². The fourth-order valence-corrected chi connectivity index (χ4v) is 2.29. The summed E-state index contributed by atoms with van der Waals surface area (Å²) in [5.41, 5.74) is 5.20. The third kappa shape index (κ3) is 3.01. The molecule has 9 heteroatoms. The van der Waals surface area contributed by atoms with Crippen molar-refractivity contribution >= 4 is 21.7 Å². The van der Waals surface area contributed by atoms with Crippen molar-refractivity contribution in [2.45, 2.75) is 4.90 Å². The Balaban J connectivity index is 2.36. The van der Waals surface area contributed by atoms with Gasteiger partial charge < -0.3 is 10.8 Å². The van der Waals surface area contributed by atoms with Gasteiger partial charge in [-0.05, 0) is 24.3 Å². The van der Waals surface area contributed by atoms with Crippen LogP contribution >= 0.6 is 0 Å². The summed E-state index contributed by atoms with van der Waals surface area (Å²) in [7, 11) is -3.91. The van der Waals surface area contributed by atoms with Crippen molar-refractivity contribution in [1.82, 2.24) is 9.97 Å². The second-order valence-corrected chi connectivity index (χ2v) is 5.31. The van der Waals surface area contributed by atoms with Crippen LogP contribution in [0.3, 0.4) is 0 Å². The van der Waals surface area contributed by atoms with Gasteiger partial charge in [-0.2, -0.15) is 4.98 Å². The molecule has 0 unspecified atom stereocenters. The summed E-state index contributed by atoms with van der Waals surface area (Å²) in [4.78, 5) is 16.6. The number of benzene rings is 1. The third-order valence-corrected chi connectivity index (χ3v) is 3.50. The molecule has 0 spiro atoms. The number of H-pyrrole nitrogens is 1. The molecule has 0 atom stereocenters. The number of aromatic hydroxyl groups is 1. The fourth-order valence-electron chi connectivity index (χ4n) is 1.33. The molecule has 2 aromatic rings. The standard InChI is InChI=1S/C10H10N4O4S/c11-6-1-3-7(4-2-6)19(17,18)14-10-12-8(15)5-9(16)13-10/h1-5H,11H2,(H3,12,13,14,15,16). The van der Waals surface area contributed by atoms with E-state index in [0.717, 1.165) is 6.07 Å². The highest BCUT2D eigenvalue weighted by atomic mass is 32.2. The number of hydrogen-bond donors (Lipinski definition) is 4. The van der Waals surface area contributed by atoms with Gasteiger partial charge in [0.25, 0.3) is 15.6 Å². The first-order chi connectivity index (χ1) is 8.87. The Morgan fingerprint density at radius 2 is 1.89 bits per heavy atom. The van der Waals surface area contributed by atoms with Crippen LogP contribution in [0.5, 0.6) is 5.88 Å². The monoisotopic (exact) mass is 282 g/mol. The predicted octanol–water partition coefficient (Wildman–Crippen LogP) is -0.142. The van der Waals surface area contributed by atoms with Gasteiger partial charge in [-0.25, -0.2) is 13.1 Å². The molecule has 0 radical (unpaired) electrons. The summed E-state index contributed by atoms with van der Waals surface area (Å²) in [5.74, 6) is -0.958. The smallest absolute Gasteiger partial charge is 0.264 e. The Kier molecular flexibility index (Phi) is 3.13. The number of aromatic nitrogens is 2. The SMILES string of the molecule is Nc1ccc(S(=O)(=O)Nc2nc(O)cc(=O)[nH]2)cc1. The molecular formula is C10H10N4O4S. The molecule has 0 bridgehead atoms. The van der Waals surface area contributed by atoms with Gasteiger partial charge >= 0.3 is 0 Å². The predicted molar refractivity (Wildman–Crippen MR) is 68.2 cm³/mol. The van der Waals surface area contributed by atoms with Crippen molar-refractivity contribution in [3.05, 3.63) is 40.7 Å². The molecule has 1 heterocycles. The van der Waals surface area contributed by atoms with E-state index >= 15 is 0 Å². The van der Waals surface area contributed by atoms with E-state index in [2.05, 4.69) is 9.97 Å². The zero-order valence-corrected chi connectivity index (χ0v) is 10.3. The van der Waals surface area contributed by atoms with Gasteiger partial charge in [-0.1, -0.05) is 0 Å². The fraction of sp³-hybridized carbons (Fsp3) is 0. The molecule has 0 fully saturated rings. The maximum absolute atomic E-state index is 11.9. The number of nitrogen functional groups attached to an aromatic ring is 1. The minimum absolute atomic E-state index is 0.0484. The highest BCUT2D eigenvalue weighted by Crippen LogP contribution is 2.15. The molecule has 8 nitrogen and oxygen atoms in total. The van der Waals surface area contributed by atoms with Crippen LogP contribution in [-0.2, 0) is 10.0 Å². The third-order valence-electron chi connectivity index (χ3n) is 2.15. The molecule has 5 N–H and O–H groups in total. The zero-order chi connectivity index (χ0) is 14.0. The Labute approximate surface area is 108 Å². The summed E-state index contributed by atoms with van der Waals surface area (Å²) >= 11 is 0. The number of nitrogens with one attached hydrogen (secondary N) is 2. The van der Waals surface area contributed by atoms with Crippen molar-refractivity contribution in [3.63, 3.8) is 0 Å². The Bertz CT molecular complexity index is 752. The number of aromatic amines is 1. The van der Waals surface area contributed by atoms with Gasteiger partial charge in [-0.3, -0.25) is 9.78 Å². The lowest BCUT2D eigenvalue weighted by Gasteiger charge is -2.07. The van der Waals surface area contributed by atoms with E-state index in [4.69, 9.17) is 10.8 Å². The van der Waals surface area contributed by atoms with Gasteiger partial charge in [0.1, 0.15) is 0 Å². The topological polar surface area (TPSA) is 138 Å². The van der Waals surface area contributed by atoms with Crippen LogP contribution in [0.1, 0.15) is 0 Å². The molecule has 1 aromatic heterocycles. The quantitative estimate of drug-likeness (QED) is 0.578. The molecule has 2 rings (SSSR count). The summed E-state index contributed by atoms with van der Waals surface area (Å²) in [6.45, 7) is 0. The van der Waals surface area contributed by atoms with Crippen LogP contribution in [0.2, 0.25) is 0 Å². The number of nitrogens with two attached hydrogens (primary N) is 1. The number of anilines is 2. The van der Waals surface area contributed by atoms with Crippen molar-refractivity contribution in [2.24, 2.45) is 0 Å². The minimum Gasteiger partial charge on any atom is -0.493 e. The molecule has 0 aliphatic rings. The largest absolute Gasteiger partial charge is 0.493 e. The lowest BCUT2D eigenvalue weighted by atomic mass is 10.3. The summed E-state index contributed by atoms with van der Waals surface area (Å²) < 4.78 is 25.9. The van der Waals surface area contributed by atoms with Crippen molar-refractivity contribution in [2.75, 3.05) is 10.5 Å². The average Bonchev–Trinajstić information content (AvgIpc) is 2.27. The van der Waals surface area contributed by atoms with E-state index in [9.17, 15) is 13.2 Å². The summed E-state index contributed by atoms with van der Waals surface area (Å²) in [5, 5.41) is 9.12. The number of nitrogens with zero attached hydrogens (tertiary/aromatic N) is 1. The normalized spacial score (nSPS) is 11.2. The van der Waals surface area contributed by atoms with Gasteiger partial charge in [0.15, 0.2) is 0 Å². The number of sulfonamides is 1. The molecular weight excluding hydrogens is 272 g/mol. The van der Waals surface area contributed by atoms with Crippen LogP contribution in [0, 0.1) is 0 Å². The first kappa shape index (κ1) is 12.9. The lowest BCUT2D eigenvalue weighted by molar-refractivity contribution is 0.452. The maximum Gasteiger partial charge on any atom is 0.264 e. The number of rotatable bonds is 3. The summed E-state index contributed by atoms with van der Waals surface area (Å²) in [6, 6.07) is 6.28. The molecule has 0 aliphatic heterocycles. The minimum atomic E-state index is -3.91. The van der Waals surface area contributed by atoms with E-state index in [-0.39, 0.29) is 10.8 Å². The molecule has 0 aliphatic carbocycles. The zero-order valence-electron chi connectivity index (χ0n) is 9.49. The van der Waals surface area contributed by atoms with Crippen LogP contribution in [0.4, 0.5) is 11.6 Å². The second kappa shape index (κ2) is 4.61. The molecule has 0 saturated heterocycles. The van der Waals surface area contributed by atoms with Crippen molar-refractivity contribution in [3.8, 4) is 5.88 Å². The molecule has 0 amide bonds. The van der Waals surface area contributed by atoms with Crippen molar-refractivity contribution < 1.29 is 13.5 Å². The van der Waals surface area contributed by atoms with E-state index in [1.165, 1.54) is 24.3 Å². The highest BCUT2D eigenvalue weighted by Gasteiger charge is 2.15. The molecule has 0 saturated carbocycles. The Morgan fingerprint density at radius 1 is 1.26 bits per heavy atom. The molecule has 19 heavy (non-hydrogen) atoms. The van der Waals surface area contributed by atoms with Gasteiger partial charge in [0.05, 0.1) is 11.0 Å². The lowest BCUT2D eigenvalue weighted by Crippen LogP contribution is -2.18. The average molecular weight is 282 g/mol. The van der Waals surface area contributed by atoms with Crippen LogP contribution < -0.4 is 16.0 Å². The van der Waals surface area contributed by atoms with E-state index in [1.807, 2.05) is 4.72 Å². The molecule has 100 valence electrons. The van der Waals surface area contributed by atoms with Gasteiger partial charge in [0.2, 0.25) is 11.8 Å². The number of hydrogen-bond acceptors (Lipinski definition) is 6. The van der Waals surface area contributed by atoms with Crippen LogP contribution in [-0.4, -0.2) is 23.5 Å². The van der Waals surface area contributed by atoms with Gasteiger partial charge in [-0.15, -0.1) is 0 Å². The van der Waals surface area contributed by atoms with Crippen LogP contribution in [0.25, 0.3) is 0 Å². The molecule has 1 aromatic carbocycles. The Morgan fingerprint density at radius 3 is 2.47 bits per heavy atom. The van der Waals surface area contributed by atoms with E-state index in [0.29, 0.717) is 5.69 Å². The Hall–Kier alpha value is -2.55. The second-order valence-electron chi connectivity index (χ2n) is 3.63. The highest BCUT2D eigenvalue weighted by molar-refractivity contribution is 7.92. The van der Waals surface area contributed by atoms with Gasteiger partial charge in [0, 0.05) is 5.69 Å².